The average Bonchev–Trinajstić information content (AvgIpc) is 3.10. The zero-order valence-electron chi connectivity index (χ0n) is 14.2. The highest BCUT2D eigenvalue weighted by Crippen LogP contribution is 2.22. The van der Waals surface area contributed by atoms with Crippen molar-refractivity contribution in [1.82, 2.24) is 4.98 Å². The number of anilines is 2. The highest BCUT2D eigenvalue weighted by Gasteiger charge is 2.09. The summed E-state index contributed by atoms with van der Waals surface area (Å²) in [6.07, 6.45) is 2.51. The Balaban J connectivity index is 1.48. The normalized spacial score (nSPS) is 10.4. The molecule has 0 saturated heterocycles. The smallest absolute Gasteiger partial charge is 0.265 e. The molecule has 0 saturated carbocycles. The second-order valence-electron chi connectivity index (χ2n) is 5.51. The molecule has 2 heterocycles. The lowest BCUT2D eigenvalue weighted by molar-refractivity contribution is 0.103. The van der Waals surface area contributed by atoms with Crippen LogP contribution in [0.1, 0.15) is 15.2 Å². The number of ether oxygens (including phenoxy) is 1. The Hall–Kier alpha value is -2.57. The van der Waals surface area contributed by atoms with E-state index in [2.05, 4.69) is 15.6 Å². The van der Waals surface area contributed by atoms with Crippen LogP contribution in [0.5, 0.6) is 5.75 Å². The van der Waals surface area contributed by atoms with Crippen molar-refractivity contribution in [3.63, 3.8) is 0 Å². The molecule has 0 aliphatic rings. The lowest BCUT2D eigenvalue weighted by atomic mass is 10.1. The minimum Gasteiger partial charge on any atom is -0.497 e. The maximum absolute atomic E-state index is 12.1. The molecule has 2 aromatic heterocycles. The van der Waals surface area contributed by atoms with Gasteiger partial charge in [0.15, 0.2) is 0 Å². The number of carbonyl (C=O) groups excluding carboxylic acids is 1. The van der Waals surface area contributed by atoms with E-state index in [1.807, 2.05) is 36.4 Å². The maximum atomic E-state index is 12.1. The second kappa shape index (κ2) is 8.69. The zero-order valence-corrected chi connectivity index (χ0v) is 15.7. The molecule has 0 unspecified atom stereocenters. The number of carbonyl (C=O) groups is 1. The van der Waals surface area contributed by atoms with Gasteiger partial charge >= 0.3 is 0 Å². The van der Waals surface area contributed by atoms with Gasteiger partial charge in [-0.05, 0) is 48.4 Å². The molecule has 0 fully saturated rings. The van der Waals surface area contributed by atoms with Crippen molar-refractivity contribution in [3.8, 4) is 5.75 Å². The first kappa shape index (κ1) is 18.2. The molecule has 1 amide bonds. The lowest BCUT2D eigenvalue weighted by Gasteiger charge is -2.08. The fourth-order valence-corrected chi connectivity index (χ4v) is 3.27. The highest BCUT2D eigenvalue weighted by atomic mass is 35.5. The van der Waals surface area contributed by atoms with Crippen molar-refractivity contribution in [2.45, 2.75) is 6.42 Å². The van der Waals surface area contributed by atoms with E-state index < -0.39 is 0 Å². The van der Waals surface area contributed by atoms with Gasteiger partial charge < -0.3 is 15.4 Å². The summed E-state index contributed by atoms with van der Waals surface area (Å²) in [4.78, 5) is 17.0. The average molecular weight is 388 g/mol. The van der Waals surface area contributed by atoms with Gasteiger partial charge in [-0.3, -0.25) is 4.79 Å². The van der Waals surface area contributed by atoms with E-state index in [9.17, 15) is 4.79 Å². The molecule has 0 aliphatic heterocycles. The topological polar surface area (TPSA) is 63.2 Å². The monoisotopic (exact) mass is 387 g/mol. The Morgan fingerprint density at radius 3 is 2.58 bits per heavy atom. The molecule has 5 nitrogen and oxygen atoms in total. The van der Waals surface area contributed by atoms with Gasteiger partial charge in [-0.2, -0.15) is 0 Å². The van der Waals surface area contributed by atoms with Gasteiger partial charge in [-0.1, -0.05) is 23.7 Å². The summed E-state index contributed by atoms with van der Waals surface area (Å²) in [5, 5.41) is 6.07. The minimum atomic E-state index is -0.191. The first-order valence-electron chi connectivity index (χ1n) is 8.03. The van der Waals surface area contributed by atoms with Crippen LogP contribution in [-0.4, -0.2) is 24.5 Å². The van der Waals surface area contributed by atoms with Gasteiger partial charge in [0.25, 0.3) is 5.91 Å². The molecule has 26 heavy (non-hydrogen) atoms. The molecule has 7 heteroatoms. The van der Waals surface area contributed by atoms with Crippen molar-refractivity contribution in [2.24, 2.45) is 0 Å². The molecule has 3 rings (SSSR count). The van der Waals surface area contributed by atoms with Crippen LogP contribution in [0.2, 0.25) is 4.34 Å². The third-order valence-electron chi connectivity index (χ3n) is 3.70. The fourth-order valence-electron chi connectivity index (χ4n) is 2.33. The fraction of sp³-hybridized carbons (Fsp3) is 0.158. The third kappa shape index (κ3) is 4.97. The molecule has 2 N–H and O–H groups in total. The van der Waals surface area contributed by atoms with Crippen LogP contribution in [0.3, 0.4) is 0 Å². The molecule has 0 aliphatic carbocycles. The number of rotatable bonds is 7. The van der Waals surface area contributed by atoms with Crippen molar-refractivity contribution in [2.75, 3.05) is 24.3 Å². The molecule has 0 spiro atoms. The summed E-state index contributed by atoms with van der Waals surface area (Å²) in [5.41, 5.74) is 1.86. The van der Waals surface area contributed by atoms with Crippen LogP contribution in [0, 0.1) is 0 Å². The van der Waals surface area contributed by atoms with Crippen LogP contribution >= 0.6 is 22.9 Å². The number of nitrogens with zero attached hydrogens (tertiary/aromatic N) is 1. The summed E-state index contributed by atoms with van der Waals surface area (Å²) in [6, 6.07) is 15.0. The number of hydrogen-bond donors (Lipinski definition) is 2. The second-order valence-corrected chi connectivity index (χ2v) is 7.23. The predicted octanol–water partition coefficient (Wildman–Crippen LogP) is 4.71. The Morgan fingerprint density at radius 1 is 1.15 bits per heavy atom. The Labute approximate surface area is 161 Å². The highest BCUT2D eigenvalue weighted by molar-refractivity contribution is 7.18. The Kier molecular flexibility index (Phi) is 6.09. The molecule has 134 valence electrons. The zero-order chi connectivity index (χ0) is 18.4. The quantitative estimate of drug-likeness (QED) is 0.616. The molecule has 0 atom stereocenters. The van der Waals surface area contributed by atoms with E-state index in [0.29, 0.717) is 14.9 Å². The van der Waals surface area contributed by atoms with E-state index in [4.69, 9.17) is 16.3 Å². The Morgan fingerprint density at radius 2 is 1.96 bits per heavy atom. The summed E-state index contributed by atoms with van der Waals surface area (Å²) in [6.45, 7) is 0.763. The van der Waals surface area contributed by atoms with Gasteiger partial charge in [0, 0.05) is 6.54 Å². The van der Waals surface area contributed by atoms with Gasteiger partial charge in [-0.15, -0.1) is 11.3 Å². The van der Waals surface area contributed by atoms with Gasteiger partial charge in [0.05, 0.1) is 28.2 Å². The number of thiophene rings is 1. The standard InChI is InChI=1S/C19H18ClN3O2S/c1-25-15-5-2-13(3-6-15)10-11-21-18-9-4-14(12-22-18)23-19(24)16-7-8-17(20)26-16/h2-9,12H,10-11H2,1H3,(H,21,22)(H,23,24). The number of nitrogens with one attached hydrogen (secondary N) is 2. The Bertz CT molecular complexity index is 863. The van der Waals surface area contributed by atoms with Crippen LogP contribution in [0.15, 0.2) is 54.7 Å². The van der Waals surface area contributed by atoms with Crippen molar-refractivity contribution >= 4 is 40.4 Å². The van der Waals surface area contributed by atoms with E-state index in [1.54, 1.807) is 25.4 Å². The summed E-state index contributed by atoms with van der Waals surface area (Å²) in [5.74, 6) is 1.42. The number of benzene rings is 1. The van der Waals surface area contributed by atoms with Crippen LogP contribution in [0.25, 0.3) is 0 Å². The van der Waals surface area contributed by atoms with Crippen molar-refractivity contribution < 1.29 is 9.53 Å². The number of pyridine rings is 1. The van der Waals surface area contributed by atoms with Crippen LogP contribution in [-0.2, 0) is 6.42 Å². The molecule has 3 aromatic rings. The number of hydrogen-bond acceptors (Lipinski definition) is 5. The number of methoxy groups -OCH3 is 1. The third-order valence-corrected chi connectivity index (χ3v) is 4.93. The van der Waals surface area contributed by atoms with E-state index in [-0.39, 0.29) is 5.91 Å². The molecular weight excluding hydrogens is 370 g/mol. The van der Waals surface area contributed by atoms with Crippen LogP contribution in [0.4, 0.5) is 11.5 Å². The summed E-state index contributed by atoms with van der Waals surface area (Å²) >= 11 is 7.09. The molecule has 0 radical (unpaired) electrons. The number of aromatic nitrogens is 1. The first-order valence-corrected chi connectivity index (χ1v) is 9.23. The number of amides is 1. The summed E-state index contributed by atoms with van der Waals surface area (Å²) in [7, 11) is 1.66. The minimum absolute atomic E-state index is 0.191. The molecular formula is C19H18ClN3O2S. The summed E-state index contributed by atoms with van der Waals surface area (Å²) < 4.78 is 5.74. The molecule has 0 bridgehead atoms. The van der Waals surface area contributed by atoms with Gasteiger partial charge in [0.2, 0.25) is 0 Å². The van der Waals surface area contributed by atoms with E-state index in [0.717, 1.165) is 24.5 Å². The largest absolute Gasteiger partial charge is 0.497 e. The van der Waals surface area contributed by atoms with Crippen LogP contribution < -0.4 is 15.4 Å². The van der Waals surface area contributed by atoms with Gasteiger partial charge in [-0.25, -0.2) is 4.98 Å². The van der Waals surface area contributed by atoms with Gasteiger partial charge in [0.1, 0.15) is 11.6 Å². The van der Waals surface area contributed by atoms with Crippen molar-refractivity contribution in [1.29, 1.82) is 0 Å². The number of halogens is 1. The lowest BCUT2D eigenvalue weighted by Crippen LogP contribution is -2.11. The predicted molar refractivity (Wildman–Crippen MR) is 107 cm³/mol. The van der Waals surface area contributed by atoms with E-state index >= 15 is 0 Å². The molecule has 1 aromatic carbocycles. The van der Waals surface area contributed by atoms with Crippen molar-refractivity contribution in [3.05, 3.63) is 69.5 Å². The van der Waals surface area contributed by atoms with E-state index in [1.165, 1.54) is 16.9 Å². The first-order chi connectivity index (χ1) is 12.6. The SMILES string of the molecule is COc1ccc(CCNc2ccc(NC(=O)c3ccc(Cl)s3)cn2)cc1. The maximum Gasteiger partial charge on any atom is 0.265 e.